The van der Waals surface area contributed by atoms with E-state index in [1.165, 1.54) is 6.42 Å². The highest BCUT2D eigenvalue weighted by atomic mass is 16.4. The van der Waals surface area contributed by atoms with Crippen molar-refractivity contribution >= 4 is 11.7 Å². The van der Waals surface area contributed by atoms with Gasteiger partial charge < -0.3 is 10.4 Å². The van der Waals surface area contributed by atoms with Crippen molar-refractivity contribution < 1.29 is 9.90 Å². The van der Waals surface area contributed by atoms with Gasteiger partial charge in [-0.2, -0.15) is 5.26 Å². The van der Waals surface area contributed by atoms with Crippen molar-refractivity contribution in [2.45, 2.75) is 38.5 Å². The number of carboxylic acids is 1. The quantitative estimate of drug-likeness (QED) is 0.861. The van der Waals surface area contributed by atoms with E-state index in [2.05, 4.69) is 16.4 Å². The third kappa shape index (κ3) is 3.47. The van der Waals surface area contributed by atoms with Gasteiger partial charge >= 0.3 is 5.97 Å². The number of pyridine rings is 1. The molecule has 5 nitrogen and oxygen atoms in total. The Balaban J connectivity index is 2.09. The van der Waals surface area contributed by atoms with Gasteiger partial charge in [0.05, 0.1) is 23.9 Å². The molecule has 0 amide bonds. The lowest BCUT2D eigenvalue weighted by atomic mass is 9.71. The Hall–Kier alpha value is -2.09. The molecule has 0 aliphatic heterocycles. The number of aliphatic carboxylic acids is 1. The highest BCUT2D eigenvalue weighted by molar-refractivity contribution is 5.68. The molecule has 1 aliphatic carbocycles. The van der Waals surface area contributed by atoms with Crippen LogP contribution in [-0.4, -0.2) is 22.6 Å². The first-order chi connectivity index (χ1) is 9.65. The third-order valence-corrected chi connectivity index (χ3v) is 4.04. The van der Waals surface area contributed by atoms with Crippen molar-refractivity contribution in [2.24, 2.45) is 5.41 Å². The lowest BCUT2D eigenvalue weighted by Gasteiger charge is -2.36. The number of hydrogen-bond donors (Lipinski definition) is 2. The van der Waals surface area contributed by atoms with Gasteiger partial charge in [0.1, 0.15) is 6.07 Å². The summed E-state index contributed by atoms with van der Waals surface area (Å²) in [6.45, 7) is 0.583. The van der Waals surface area contributed by atoms with Crippen molar-refractivity contribution in [3.63, 3.8) is 0 Å². The molecule has 1 fully saturated rings. The van der Waals surface area contributed by atoms with Crippen LogP contribution in [0, 0.1) is 16.7 Å². The topological polar surface area (TPSA) is 86.0 Å². The number of nitrogens with zero attached hydrogens (tertiary/aromatic N) is 2. The first-order valence-electron chi connectivity index (χ1n) is 6.95. The van der Waals surface area contributed by atoms with E-state index in [1.54, 1.807) is 18.5 Å². The van der Waals surface area contributed by atoms with Crippen molar-refractivity contribution in [1.29, 1.82) is 5.26 Å². The molecule has 0 aromatic carbocycles. The molecule has 1 saturated carbocycles. The van der Waals surface area contributed by atoms with Crippen LogP contribution < -0.4 is 5.32 Å². The van der Waals surface area contributed by atoms with Gasteiger partial charge in [-0.25, -0.2) is 0 Å². The Morgan fingerprint density at radius 2 is 2.20 bits per heavy atom. The zero-order valence-corrected chi connectivity index (χ0v) is 11.4. The Morgan fingerprint density at radius 1 is 1.45 bits per heavy atom. The van der Waals surface area contributed by atoms with Crippen LogP contribution in [-0.2, 0) is 4.79 Å². The molecule has 1 aromatic heterocycles. The maximum Gasteiger partial charge on any atom is 0.303 e. The molecule has 5 heteroatoms. The van der Waals surface area contributed by atoms with E-state index in [9.17, 15) is 4.79 Å². The fraction of sp³-hybridized carbons (Fsp3) is 0.533. The number of hydrogen-bond acceptors (Lipinski definition) is 4. The number of rotatable bonds is 5. The molecular weight excluding hydrogens is 254 g/mol. The summed E-state index contributed by atoms with van der Waals surface area (Å²) in [5.74, 6) is -0.750. The second-order valence-electron chi connectivity index (χ2n) is 5.52. The SMILES string of the molecule is N#Cc1ccncc1NCC1(CC(=O)O)CCCCC1. The van der Waals surface area contributed by atoms with Crippen LogP contribution in [0.25, 0.3) is 0 Å². The van der Waals surface area contributed by atoms with Crippen molar-refractivity contribution in [2.75, 3.05) is 11.9 Å². The second-order valence-corrected chi connectivity index (χ2v) is 5.52. The van der Waals surface area contributed by atoms with Crippen LogP contribution in [0.3, 0.4) is 0 Å². The summed E-state index contributed by atoms with van der Waals surface area (Å²) >= 11 is 0. The lowest BCUT2D eigenvalue weighted by molar-refractivity contribution is -0.140. The van der Waals surface area contributed by atoms with Crippen LogP contribution in [0.15, 0.2) is 18.5 Å². The van der Waals surface area contributed by atoms with Crippen molar-refractivity contribution in [3.8, 4) is 6.07 Å². The molecule has 1 aliphatic rings. The Bertz CT molecular complexity index is 516. The zero-order valence-electron chi connectivity index (χ0n) is 11.4. The van der Waals surface area contributed by atoms with Gasteiger partial charge in [0.15, 0.2) is 0 Å². The molecule has 1 aromatic rings. The first-order valence-corrected chi connectivity index (χ1v) is 6.95. The maximum atomic E-state index is 11.1. The average molecular weight is 273 g/mol. The molecule has 2 N–H and O–H groups in total. The monoisotopic (exact) mass is 273 g/mol. The van der Waals surface area contributed by atoms with Gasteiger partial charge in [0.25, 0.3) is 0 Å². The molecular formula is C15H19N3O2. The normalized spacial score (nSPS) is 17.1. The standard InChI is InChI=1S/C15H19N3O2/c16-9-12-4-7-17-10-13(12)18-11-15(8-14(19)20)5-2-1-3-6-15/h4,7,10,18H,1-3,5-6,8,11H2,(H,19,20). The number of nitriles is 1. The van der Waals surface area contributed by atoms with Crippen LogP contribution >= 0.6 is 0 Å². The number of aromatic nitrogens is 1. The van der Waals surface area contributed by atoms with Gasteiger partial charge in [-0.3, -0.25) is 9.78 Å². The summed E-state index contributed by atoms with van der Waals surface area (Å²) in [5, 5.41) is 21.4. The largest absolute Gasteiger partial charge is 0.481 e. The minimum Gasteiger partial charge on any atom is -0.481 e. The average Bonchev–Trinajstić information content (AvgIpc) is 2.46. The lowest BCUT2D eigenvalue weighted by Crippen LogP contribution is -2.34. The molecule has 0 saturated heterocycles. The van der Waals surface area contributed by atoms with E-state index >= 15 is 0 Å². The molecule has 0 spiro atoms. The molecule has 1 heterocycles. The highest BCUT2D eigenvalue weighted by Crippen LogP contribution is 2.39. The number of anilines is 1. The fourth-order valence-electron chi connectivity index (χ4n) is 2.95. The molecule has 0 radical (unpaired) electrons. The minimum absolute atomic E-state index is 0.183. The summed E-state index contributed by atoms with van der Waals surface area (Å²) < 4.78 is 0. The van der Waals surface area contributed by atoms with Crippen LogP contribution in [0.4, 0.5) is 5.69 Å². The molecule has 2 rings (SSSR count). The molecule has 20 heavy (non-hydrogen) atoms. The Labute approximate surface area is 118 Å². The van der Waals surface area contributed by atoms with Crippen LogP contribution in [0.5, 0.6) is 0 Å². The second kappa shape index (κ2) is 6.38. The van der Waals surface area contributed by atoms with Crippen molar-refractivity contribution in [3.05, 3.63) is 24.0 Å². The van der Waals surface area contributed by atoms with E-state index in [-0.39, 0.29) is 11.8 Å². The molecule has 106 valence electrons. The first kappa shape index (κ1) is 14.3. The van der Waals surface area contributed by atoms with Gasteiger partial charge in [0, 0.05) is 12.7 Å². The third-order valence-electron chi connectivity index (χ3n) is 4.04. The van der Waals surface area contributed by atoms with E-state index in [1.807, 2.05) is 0 Å². The number of carbonyl (C=O) groups is 1. The summed E-state index contributed by atoms with van der Waals surface area (Å²) in [7, 11) is 0. The predicted octanol–water partition coefficient (Wildman–Crippen LogP) is 2.79. The fourth-order valence-corrected chi connectivity index (χ4v) is 2.95. The Morgan fingerprint density at radius 3 is 2.85 bits per heavy atom. The molecule has 0 atom stereocenters. The summed E-state index contributed by atoms with van der Waals surface area (Å²) in [4.78, 5) is 15.1. The maximum absolute atomic E-state index is 11.1. The predicted molar refractivity (Wildman–Crippen MR) is 75.2 cm³/mol. The Kier molecular flexibility index (Phi) is 4.57. The van der Waals surface area contributed by atoms with Gasteiger partial charge in [-0.05, 0) is 24.3 Å². The molecule has 0 bridgehead atoms. The van der Waals surface area contributed by atoms with E-state index in [4.69, 9.17) is 10.4 Å². The van der Waals surface area contributed by atoms with Crippen molar-refractivity contribution in [1.82, 2.24) is 4.98 Å². The zero-order chi connectivity index (χ0) is 14.4. The van der Waals surface area contributed by atoms with Crippen LogP contribution in [0.2, 0.25) is 0 Å². The van der Waals surface area contributed by atoms with Gasteiger partial charge in [0.2, 0.25) is 0 Å². The summed E-state index contributed by atoms with van der Waals surface area (Å²) in [5.41, 5.74) is 1.03. The minimum atomic E-state index is -0.750. The number of carboxylic acid groups (broad SMARTS) is 1. The summed E-state index contributed by atoms with van der Waals surface area (Å²) in [6.07, 6.45) is 8.57. The van der Waals surface area contributed by atoms with E-state index in [0.29, 0.717) is 17.8 Å². The van der Waals surface area contributed by atoms with Crippen LogP contribution in [0.1, 0.15) is 44.1 Å². The van der Waals surface area contributed by atoms with Gasteiger partial charge in [-0.15, -0.1) is 0 Å². The smallest absolute Gasteiger partial charge is 0.303 e. The van der Waals surface area contributed by atoms with E-state index in [0.717, 1.165) is 25.7 Å². The number of nitrogens with one attached hydrogen (secondary N) is 1. The summed E-state index contributed by atoms with van der Waals surface area (Å²) in [6, 6.07) is 3.78. The van der Waals surface area contributed by atoms with E-state index < -0.39 is 5.97 Å². The molecule has 0 unspecified atom stereocenters. The highest BCUT2D eigenvalue weighted by Gasteiger charge is 2.34. The van der Waals surface area contributed by atoms with Gasteiger partial charge in [-0.1, -0.05) is 19.3 Å².